The third-order valence-electron chi connectivity index (χ3n) is 18.7. The van der Waals surface area contributed by atoms with Gasteiger partial charge in [0.15, 0.2) is 6.10 Å². The van der Waals surface area contributed by atoms with Crippen LogP contribution in [0.4, 0.5) is 10.5 Å². The summed E-state index contributed by atoms with van der Waals surface area (Å²) in [6.07, 6.45) is -11.2. The number of nitrogens with one attached hydrogen (secondary N) is 4. The lowest BCUT2D eigenvalue weighted by molar-refractivity contribution is -0.271. The molecule has 0 saturated carbocycles. The molecule has 0 bridgehead atoms. The summed E-state index contributed by atoms with van der Waals surface area (Å²) in [5.41, 5.74) is -0.225. The number of benzene rings is 2. The maximum atomic E-state index is 14.9. The van der Waals surface area contributed by atoms with Crippen LogP contribution in [0.3, 0.4) is 0 Å². The number of carboxylic acid groups (broad SMARTS) is 1. The van der Waals surface area contributed by atoms with Crippen LogP contribution in [0.15, 0.2) is 48.5 Å². The number of carbonyl (C=O) groups is 8. The van der Waals surface area contributed by atoms with Crippen molar-refractivity contribution in [2.45, 2.75) is 231 Å². The lowest BCUT2D eigenvalue weighted by atomic mass is 9.89. The first kappa shape index (κ1) is 86.7. The predicted molar refractivity (Wildman–Crippen MR) is 371 cm³/mol. The summed E-state index contributed by atoms with van der Waals surface area (Å²) in [5, 5.41) is 63.8. The summed E-state index contributed by atoms with van der Waals surface area (Å²) < 4.78 is 46.6. The van der Waals surface area contributed by atoms with Crippen molar-refractivity contribution < 1.29 is 107 Å². The zero-order chi connectivity index (χ0) is 75.6. The molecule has 0 aliphatic carbocycles. The number of likely N-dealkylation sites (tertiary alicyclic amines) is 1. The average Bonchev–Trinajstić information content (AvgIpc) is 1.42. The number of methoxy groups -OCH3 is 2. The van der Waals surface area contributed by atoms with Gasteiger partial charge in [-0.15, -0.1) is 0 Å². The Labute approximate surface area is 594 Å². The topological polar surface area (TPSA) is 405 Å². The molecule has 2 aromatic rings. The van der Waals surface area contributed by atoms with E-state index in [1.54, 1.807) is 77.8 Å². The molecule has 2 aliphatic rings. The highest BCUT2D eigenvalue weighted by atomic mass is 16.7. The van der Waals surface area contributed by atoms with Gasteiger partial charge in [-0.1, -0.05) is 85.2 Å². The fraction of sp³-hybridized carbons (Fsp3) is 0.718. The number of carbonyl (C=O) groups excluding carboxylic acids is 7. The number of aliphatic hydroxyl groups excluding tert-OH is 4. The normalized spacial score (nSPS) is 20.7. The lowest BCUT2D eigenvalue weighted by Gasteiger charge is -2.41. The first-order chi connectivity index (χ1) is 47.5. The van der Waals surface area contributed by atoms with Gasteiger partial charge in [-0.25, -0.2) is 15.5 Å². The van der Waals surface area contributed by atoms with Crippen molar-refractivity contribution in [1.29, 1.82) is 0 Å². The minimum absolute atomic E-state index is 0.00485. The van der Waals surface area contributed by atoms with Crippen molar-refractivity contribution in [2.75, 3.05) is 79.8 Å². The summed E-state index contributed by atoms with van der Waals surface area (Å²) in [7, 11) is 5.88. The molecule has 2 aromatic carbocycles. The molecule has 2 fully saturated rings. The van der Waals surface area contributed by atoms with Gasteiger partial charge in [-0.2, -0.15) is 0 Å². The molecule has 30 nitrogen and oxygen atoms in total. The number of aliphatic carboxylic acids is 1. The van der Waals surface area contributed by atoms with Gasteiger partial charge in [0.25, 0.3) is 0 Å². The minimum Gasteiger partial charge on any atom is -0.479 e. The molecule has 2 heterocycles. The van der Waals surface area contributed by atoms with Crippen LogP contribution in [0.2, 0.25) is 0 Å². The van der Waals surface area contributed by atoms with E-state index in [9.17, 15) is 63.9 Å². The third kappa shape index (κ3) is 26.2. The number of amides is 7. The van der Waals surface area contributed by atoms with Crippen LogP contribution in [0.25, 0.3) is 0 Å². The Morgan fingerprint density at radius 2 is 1.41 bits per heavy atom. The highest BCUT2D eigenvalue weighted by Gasteiger charge is 2.49. The van der Waals surface area contributed by atoms with E-state index in [1.165, 1.54) is 44.4 Å². The smallest absolute Gasteiger partial charge is 0.410 e. The Kier molecular flexibility index (Phi) is 35.7. The number of aliphatic hydroxyl groups is 4. The predicted octanol–water partition coefficient (Wildman–Crippen LogP) is 3.96. The molecule has 2 saturated heterocycles. The molecule has 7 amide bonds. The number of carboxylic acids is 1. The maximum absolute atomic E-state index is 14.9. The Morgan fingerprint density at radius 1 is 0.762 bits per heavy atom. The highest BCUT2D eigenvalue weighted by Crippen LogP contribution is 2.33. The summed E-state index contributed by atoms with van der Waals surface area (Å²) >= 11 is 0. The molecular formula is C71H116N8O22. The van der Waals surface area contributed by atoms with E-state index < -0.39 is 150 Å². The van der Waals surface area contributed by atoms with Crippen LogP contribution in [0.5, 0.6) is 5.75 Å². The first-order valence-electron chi connectivity index (χ1n) is 34.9. The molecule has 4 rings (SSSR count). The molecule has 30 heteroatoms. The number of anilines is 1. The average molecular weight is 1430 g/mol. The fourth-order valence-electron chi connectivity index (χ4n) is 12.4. The van der Waals surface area contributed by atoms with Gasteiger partial charge in [-0.05, 0) is 95.4 Å². The van der Waals surface area contributed by atoms with Gasteiger partial charge >= 0.3 is 12.1 Å². The van der Waals surface area contributed by atoms with Gasteiger partial charge in [-0.3, -0.25) is 33.7 Å². The maximum Gasteiger partial charge on any atom is 0.410 e. The standard InChI is InChI=1S/C71H116N8O22/c1-17-43(6)57(51(93-15)39-54(82)79-32-21-24-49(79)62(94-16)44(7)64(87)74-45(8)58(83)46-22-19-18-20-23-46)77(13)66(89)55(41(2)3)76-65(88)56(42(4)5)78(14)69(92)96-40-47-38-48(25-26-50(47)100-68-61(86)59(84)60(85)63(101-68)67(90)91)75-53(81)28-27-52(80)73-31-35-97-70(9,10)29-33-95-36-37-98-71(11,12)30-34-99-72/h18-20,22-23,25-26,38,41-45,49,51,55-63,68,83-86H,17,21,24,27-37,39-40,72H2,1-16H3,(H,73,80)(H,74,87)(H,75,81)(H,76,88)(H,90,91)/t43-,44+,45+,49-,51+,55-,56-,57-,58+,59?,60?,61?,62+,63?,68?/m0/s1. The summed E-state index contributed by atoms with van der Waals surface area (Å²) in [4.78, 5) is 119. The van der Waals surface area contributed by atoms with Crippen molar-refractivity contribution in [2.24, 2.45) is 29.6 Å². The minimum atomic E-state index is -2.04. The van der Waals surface area contributed by atoms with Crippen LogP contribution in [0.1, 0.15) is 152 Å². The van der Waals surface area contributed by atoms with Crippen molar-refractivity contribution in [3.05, 3.63) is 59.7 Å². The molecule has 5 unspecified atom stereocenters. The van der Waals surface area contributed by atoms with Crippen molar-refractivity contribution >= 4 is 53.2 Å². The number of likely N-dealkylation sites (N-methyl/N-ethyl adjacent to an activating group) is 2. The summed E-state index contributed by atoms with van der Waals surface area (Å²) in [6, 6.07) is 8.76. The van der Waals surface area contributed by atoms with Crippen molar-refractivity contribution in [3.8, 4) is 5.75 Å². The Balaban J connectivity index is 1.44. The van der Waals surface area contributed by atoms with Crippen LogP contribution in [0, 0.1) is 23.7 Å². The van der Waals surface area contributed by atoms with Crippen molar-refractivity contribution in [3.63, 3.8) is 0 Å². The largest absolute Gasteiger partial charge is 0.479 e. The van der Waals surface area contributed by atoms with E-state index in [0.717, 1.165) is 4.90 Å². The van der Waals surface area contributed by atoms with E-state index in [-0.39, 0.29) is 67.1 Å². The zero-order valence-corrected chi connectivity index (χ0v) is 61.8. The SMILES string of the molecule is CC[C@H](C)[C@@H]([C@@H](CC(=O)N1CCC[C@H]1[C@H](OC)[C@@H](C)C(=O)N[C@H](C)[C@@H](O)c1ccccc1)OC)N(C)C(=O)[C@@H](NC(=O)[C@H](C(C)C)N(C)C(=O)OCc1cc(NC(=O)CCC(=O)NCCOC(C)(C)CCOCCOC(C)(C)CCON)ccc1OC1OC(C(=O)O)C(O)C(O)C1O)C(C)C. The Bertz CT molecular complexity index is 2940. The quantitative estimate of drug-likeness (QED) is 0.0332. The summed E-state index contributed by atoms with van der Waals surface area (Å²) in [5.74, 6) is -1.63. The molecule has 101 heavy (non-hydrogen) atoms. The number of rotatable bonds is 43. The monoisotopic (exact) mass is 1430 g/mol. The molecule has 11 N–H and O–H groups in total. The highest BCUT2D eigenvalue weighted by molar-refractivity contribution is 5.94. The van der Waals surface area contributed by atoms with E-state index in [2.05, 4.69) is 26.1 Å². The second kappa shape index (κ2) is 41.6. The van der Waals surface area contributed by atoms with Crippen LogP contribution in [-0.4, -0.2) is 247 Å². The van der Waals surface area contributed by atoms with Gasteiger partial charge in [0.05, 0.1) is 86.4 Å². The van der Waals surface area contributed by atoms with Gasteiger partial charge in [0.1, 0.15) is 42.8 Å². The number of nitrogens with two attached hydrogens (primary N) is 1. The second-order valence-electron chi connectivity index (χ2n) is 28.1. The zero-order valence-electron chi connectivity index (χ0n) is 61.8. The number of hydrogen-bond donors (Lipinski definition) is 10. The lowest BCUT2D eigenvalue weighted by Crippen LogP contribution is -2.61. The van der Waals surface area contributed by atoms with E-state index in [0.29, 0.717) is 70.6 Å². The summed E-state index contributed by atoms with van der Waals surface area (Å²) in [6.45, 7) is 23.5. The van der Waals surface area contributed by atoms with Crippen molar-refractivity contribution in [1.82, 2.24) is 30.7 Å². The molecule has 572 valence electrons. The number of nitrogens with zero attached hydrogens (tertiary/aromatic N) is 3. The molecular weight excluding hydrogens is 1320 g/mol. The van der Waals surface area contributed by atoms with E-state index in [1.807, 2.05) is 47.6 Å². The van der Waals surface area contributed by atoms with E-state index >= 15 is 0 Å². The van der Waals surface area contributed by atoms with Crippen LogP contribution >= 0.6 is 0 Å². The van der Waals surface area contributed by atoms with Crippen LogP contribution in [-0.2, 0) is 78.2 Å². The molecule has 0 radical (unpaired) electrons. The Hall–Kier alpha value is -6.68. The van der Waals surface area contributed by atoms with Crippen LogP contribution < -0.4 is 31.9 Å². The molecule has 0 aromatic heterocycles. The fourth-order valence-corrected chi connectivity index (χ4v) is 12.4. The van der Waals surface area contributed by atoms with Gasteiger partial charge in [0.2, 0.25) is 41.7 Å². The Morgan fingerprint density at radius 3 is 2.01 bits per heavy atom. The molecule has 15 atom stereocenters. The third-order valence-corrected chi connectivity index (χ3v) is 18.7. The van der Waals surface area contributed by atoms with Gasteiger partial charge < -0.3 is 99.3 Å². The number of ether oxygens (including phenoxy) is 8. The van der Waals surface area contributed by atoms with E-state index in [4.69, 9.17) is 43.8 Å². The molecule has 0 spiro atoms. The second-order valence-corrected chi connectivity index (χ2v) is 28.1. The first-order valence-corrected chi connectivity index (χ1v) is 34.9. The van der Waals surface area contributed by atoms with Gasteiger partial charge in [0, 0.05) is 78.5 Å². The molecule has 2 aliphatic heterocycles. The number of hydrogen-bond acceptors (Lipinski definition) is 22.